The van der Waals surface area contributed by atoms with Gasteiger partial charge in [-0.3, -0.25) is 4.79 Å². The van der Waals surface area contributed by atoms with E-state index in [0.29, 0.717) is 40.9 Å². The van der Waals surface area contributed by atoms with Crippen LogP contribution in [0.3, 0.4) is 0 Å². The van der Waals surface area contributed by atoms with Crippen molar-refractivity contribution in [3.8, 4) is 10.7 Å². The van der Waals surface area contributed by atoms with Crippen molar-refractivity contribution in [1.29, 1.82) is 0 Å². The van der Waals surface area contributed by atoms with Crippen molar-refractivity contribution in [3.63, 3.8) is 0 Å². The van der Waals surface area contributed by atoms with E-state index in [9.17, 15) is 13.2 Å². The molecule has 1 aliphatic heterocycles. The summed E-state index contributed by atoms with van der Waals surface area (Å²) in [5.74, 6) is 0.629. The van der Waals surface area contributed by atoms with Gasteiger partial charge < -0.3 is 9.84 Å². The van der Waals surface area contributed by atoms with E-state index >= 15 is 0 Å². The number of aromatic nitrogens is 2. The van der Waals surface area contributed by atoms with Crippen molar-refractivity contribution < 1.29 is 17.7 Å². The van der Waals surface area contributed by atoms with Crippen molar-refractivity contribution in [2.45, 2.75) is 76.2 Å². The van der Waals surface area contributed by atoms with Crippen molar-refractivity contribution in [2.24, 2.45) is 5.92 Å². The molecule has 2 aliphatic rings. The molecule has 0 radical (unpaired) electrons. The average Bonchev–Trinajstić information content (AvgIpc) is 3.41. The minimum Gasteiger partial charge on any atom is -0.353 e. The second kappa shape index (κ2) is 9.38. The highest BCUT2D eigenvalue weighted by molar-refractivity contribution is 7.89. The fourth-order valence-electron chi connectivity index (χ4n) is 4.41. The van der Waals surface area contributed by atoms with Gasteiger partial charge in [-0.25, -0.2) is 8.42 Å². The van der Waals surface area contributed by atoms with Crippen LogP contribution >= 0.6 is 11.3 Å². The fraction of sp³-hybridized carbons (Fsp3) is 0.667. The lowest BCUT2D eigenvalue weighted by atomic mass is 9.93. The Balaban J connectivity index is 1.48. The maximum absolute atomic E-state index is 13.4. The third-order valence-electron chi connectivity index (χ3n) is 6.19. The smallest absolute Gasteiger partial charge is 0.244 e. The van der Waals surface area contributed by atoms with Crippen LogP contribution in [0.25, 0.3) is 10.7 Å². The summed E-state index contributed by atoms with van der Waals surface area (Å²) in [6, 6.07) is 1.86. The van der Waals surface area contributed by atoms with Gasteiger partial charge in [0, 0.05) is 30.4 Å². The van der Waals surface area contributed by atoms with Gasteiger partial charge in [-0.2, -0.15) is 9.29 Å². The number of rotatable bonds is 6. The average molecular weight is 467 g/mol. The summed E-state index contributed by atoms with van der Waals surface area (Å²) >= 11 is 1.34. The molecule has 10 heteroatoms. The molecule has 4 rings (SSSR count). The quantitative estimate of drug-likeness (QED) is 0.698. The lowest BCUT2D eigenvalue weighted by molar-refractivity contribution is -0.127. The predicted molar refractivity (Wildman–Crippen MR) is 118 cm³/mol. The summed E-state index contributed by atoms with van der Waals surface area (Å²) in [7, 11) is -3.70. The van der Waals surface area contributed by atoms with E-state index in [0.717, 1.165) is 32.1 Å². The van der Waals surface area contributed by atoms with E-state index in [2.05, 4.69) is 15.5 Å². The molecule has 1 amide bonds. The summed E-state index contributed by atoms with van der Waals surface area (Å²) in [6.07, 6.45) is 7.60. The fourth-order valence-corrected chi connectivity index (χ4v) is 7.42. The van der Waals surface area contributed by atoms with Crippen LogP contribution in [0.2, 0.25) is 0 Å². The Morgan fingerprint density at radius 1 is 1.26 bits per heavy atom. The van der Waals surface area contributed by atoms with Crippen LogP contribution in [0.15, 0.2) is 15.5 Å². The van der Waals surface area contributed by atoms with Gasteiger partial charge in [0.15, 0.2) is 0 Å². The molecule has 1 saturated heterocycles. The van der Waals surface area contributed by atoms with Crippen molar-refractivity contribution in [3.05, 3.63) is 16.8 Å². The van der Waals surface area contributed by atoms with Crippen molar-refractivity contribution in [1.82, 2.24) is 19.8 Å². The number of sulfonamides is 1. The Kier molecular flexibility index (Phi) is 6.78. The van der Waals surface area contributed by atoms with Gasteiger partial charge in [0.2, 0.25) is 27.6 Å². The number of hydrogen-bond acceptors (Lipinski definition) is 7. The summed E-state index contributed by atoms with van der Waals surface area (Å²) in [5, 5.41) is 7.12. The van der Waals surface area contributed by atoms with Crippen LogP contribution in [0.1, 0.15) is 62.6 Å². The summed E-state index contributed by atoms with van der Waals surface area (Å²) in [6.45, 7) is 4.37. The SMILES string of the molecule is CCc1nc(-c2cc(S(=O)(=O)N3CCC[C@H](C(=O)NC4CCCCC4)C3)c(C)s2)no1. The maximum atomic E-state index is 13.4. The minimum atomic E-state index is -3.70. The lowest BCUT2D eigenvalue weighted by Gasteiger charge is -2.32. The molecule has 1 N–H and O–H groups in total. The van der Waals surface area contributed by atoms with Crippen molar-refractivity contribution >= 4 is 27.3 Å². The molecule has 2 fully saturated rings. The standard InChI is InChI=1S/C21H30N4O4S2/c1-3-19-23-20(24-29-19)17-12-18(14(2)30-17)31(27,28)25-11-7-8-15(13-25)21(26)22-16-9-5-4-6-10-16/h12,15-16H,3-11,13H2,1-2H3,(H,22,26)/t15-/m0/s1. The Bertz CT molecular complexity index is 1020. The monoisotopic (exact) mass is 466 g/mol. The molecule has 2 aromatic heterocycles. The molecule has 0 spiro atoms. The number of nitrogens with one attached hydrogen (secondary N) is 1. The normalized spacial score (nSPS) is 21.3. The molecule has 1 saturated carbocycles. The van der Waals surface area contributed by atoms with E-state index in [1.165, 1.54) is 22.1 Å². The molecule has 2 aromatic rings. The van der Waals surface area contributed by atoms with Gasteiger partial charge >= 0.3 is 0 Å². The summed E-state index contributed by atoms with van der Waals surface area (Å²) in [5.41, 5.74) is 0. The Hall–Kier alpha value is -1.78. The van der Waals surface area contributed by atoms with Crippen LogP contribution in [0, 0.1) is 12.8 Å². The third-order valence-corrected chi connectivity index (χ3v) is 9.35. The van der Waals surface area contributed by atoms with Crippen LogP contribution < -0.4 is 5.32 Å². The number of nitrogens with zero attached hydrogens (tertiary/aromatic N) is 3. The number of amides is 1. The predicted octanol–water partition coefficient (Wildman–Crippen LogP) is 3.52. The maximum Gasteiger partial charge on any atom is 0.244 e. The van der Waals surface area contributed by atoms with Crippen molar-refractivity contribution in [2.75, 3.05) is 13.1 Å². The molecule has 31 heavy (non-hydrogen) atoms. The van der Waals surface area contributed by atoms with E-state index in [-0.39, 0.29) is 29.3 Å². The molecule has 170 valence electrons. The third kappa shape index (κ3) is 4.85. The Morgan fingerprint density at radius 2 is 2.03 bits per heavy atom. The first kappa shape index (κ1) is 22.4. The lowest BCUT2D eigenvalue weighted by Crippen LogP contribution is -2.47. The highest BCUT2D eigenvalue weighted by Gasteiger charge is 2.35. The zero-order valence-corrected chi connectivity index (χ0v) is 19.7. The molecule has 8 nitrogen and oxygen atoms in total. The van der Waals surface area contributed by atoms with Gasteiger partial charge in [-0.1, -0.05) is 31.3 Å². The molecule has 0 aromatic carbocycles. The van der Waals surface area contributed by atoms with E-state index in [4.69, 9.17) is 4.52 Å². The van der Waals surface area contributed by atoms with Gasteiger partial charge in [-0.05, 0) is 38.7 Å². The van der Waals surface area contributed by atoms with Gasteiger partial charge in [-0.15, -0.1) is 11.3 Å². The second-order valence-electron chi connectivity index (χ2n) is 8.44. The number of thiophene rings is 1. The Morgan fingerprint density at radius 3 is 2.74 bits per heavy atom. The van der Waals surface area contributed by atoms with Crippen LogP contribution in [0.5, 0.6) is 0 Å². The number of carbonyl (C=O) groups is 1. The van der Waals surface area contributed by atoms with Crippen LogP contribution in [0.4, 0.5) is 0 Å². The molecular formula is C21H30N4O4S2. The van der Waals surface area contributed by atoms with E-state index in [1.807, 2.05) is 6.92 Å². The number of carbonyl (C=O) groups excluding carboxylic acids is 1. The number of aryl methyl sites for hydroxylation is 2. The highest BCUT2D eigenvalue weighted by atomic mass is 32.2. The summed E-state index contributed by atoms with van der Waals surface area (Å²) < 4.78 is 33.4. The molecule has 1 atom stereocenters. The minimum absolute atomic E-state index is 0.00609. The Labute approximate surface area is 187 Å². The van der Waals surface area contributed by atoms with Crippen LogP contribution in [-0.4, -0.2) is 47.9 Å². The van der Waals surface area contributed by atoms with E-state index in [1.54, 1.807) is 13.0 Å². The first-order valence-corrected chi connectivity index (χ1v) is 13.4. The topological polar surface area (TPSA) is 105 Å². The molecule has 0 unspecified atom stereocenters. The molecule has 1 aliphatic carbocycles. The van der Waals surface area contributed by atoms with Gasteiger partial charge in [0.25, 0.3) is 0 Å². The molecule has 0 bridgehead atoms. The van der Waals surface area contributed by atoms with Gasteiger partial charge in [0.1, 0.15) is 0 Å². The van der Waals surface area contributed by atoms with Crippen LogP contribution in [-0.2, 0) is 21.2 Å². The largest absolute Gasteiger partial charge is 0.353 e. The first-order chi connectivity index (χ1) is 14.9. The first-order valence-electron chi connectivity index (χ1n) is 11.1. The number of piperidine rings is 1. The number of hydrogen-bond donors (Lipinski definition) is 1. The van der Waals surface area contributed by atoms with Gasteiger partial charge in [0.05, 0.1) is 15.7 Å². The second-order valence-corrected chi connectivity index (χ2v) is 11.6. The highest BCUT2D eigenvalue weighted by Crippen LogP contribution is 2.35. The zero-order chi connectivity index (χ0) is 22.0. The zero-order valence-electron chi connectivity index (χ0n) is 18.1. The van der Waals surface area contributed by atoms with E-state index < -0.39 is 10.0 Å². The molecular weight excluding hydrogens is 436 g/mol. The summed E-state index contributed by atoms with van der Waals surface area (Å²) in [4.78, 5) is 18.7. The molecule has 3 heterocycles.